The highest BCUT2D eigenvalue weighted by Gasteiger charge is 2.32. The Labute approximate surface area is 136 Å². The predicted octanol–water partition coefficient (Wildman–Crippen LogP) is 2.47. The van der Waals surface area contributed by atoms with Crippen molar-refractivity contribution in [3.63, 3.8) is 0 Å². The van der Waals surface area contributed by atoms with Crippen LogP contribution in [0.5, 0.6) is 0 Å². The van der Waals surface area contributed by atoms with Crippen molar-refractivity contribution in [3.05, 3.63) is 41.4 Å². The highest BCUT2D eigenvalue weighted by Crippen LogP contribution is 2.35. The fourth-order valence-electron chi connectivity index (χ4n) is 2.31. The Bertz CT molecular complexity index is 706. The monoisotopic (exact) mass is 343 g/mol. The summed E-state index contributed by atoms with van der Waals surface area (Å²) in [6.07, 6.45) is 1.34. The van der Waals surface area contributed by atoms with Crippen LogP contribution >= 0.6 is 0 Å². The van der Waals surface area contributed by atoms with Gasteiger partial charge in [0.2, 0.25) is 5.91 Å². The molecule has 3 N–H and O–H groups in total. The minimum absolute atomic E-state index is 0.0189. The first-order chi connectivity index (χ1) is 11.2. The smallest absolute Gasteiger partial charge is 0.345 e. The Hall–Kier alpha value is -2.55. The van der Waals surface area contributed by atoms with E-state index < -0.39 is 24.6 Å². The molecule has 1 aliphatic heterocycles. The van der Waals surface area contributed by atoms with Crippen molar-refractivity contribution in [2.75, 3.05) is 11.9 Å². The molecular formula is C15H16F3N3O3. The van der Waals surface area contributed by atoms with Gasteiger partial charge in [0.15, 0.2) is 0 Å². The Morgan fingerprint density at radius 2 is 2.21 bits per heavy atom. The first-order valence-corrected chi connectivity index (χ1v) is 6.92. The third-order valence-corrected chi connectivity index (χ3v) is 3.20. The van der Waals surface area contributed by atoms with Crippen molar-refractivity contribution < 1.29 is 27.4 Å². The van der Waals surface area contributed by atoms with Gasteiger partial charge in [-0.05, 0) is 31.2 Å². The number of alkyl halides is 2. The van der Waals surface area contributed by atoms with E-state index in [2.05, 4.69) is 15.0 Å². The van der Waals surface area contributed by atoms with E-state index in [0.717, 1.165) is 6.07 Å². The standard InChI is InChI=1S/C15H16F3N3O3/c1-8(22)20-9-3-4-12(16)11(5-9)15(2)6-10(7-23-13(17)18)24-14(19)21-15/h3-6,13H,7H2,1-2H3,(H2,19,21)(H,20,22)/t15-/m0/s1. The molecular weight excluding hydrogens is 327 g/mol. The summed E-state index contributed by atoms with van der Waals surface area (Å²) in [6.45, 7) is -0.688. The largest absolute Gasteiger partial charge is 0.429 e. The molecule has 9 heteroatoms. The van der Waals surface area contributed by atoms with Crippen LogP contribution in [0.1, 0.15) is 19.4 Å². The molecule has 1 aromatic carbocycles. The second kappa shape index (κ2) is 6.91. The van der Waals surface area contributed by atoms with Crippen LogP contribution in [0.15, 0.2) is 35.0 Å². The van der Waals surface area contributed by atoms with Crippen LogP contribution in [0.2, 0.25) is 0 Å². The molecule has 1 aromatic rings. The topological polar surface area (TPSA) is 85.9 Å². The van der Waals surface area contributed by atoms with Gasteiger partial charge < -0.3 is 20.5 Å². The van der Waals surface area contributed by atoms with E-state index in [1.807, 2.05) is 0 Å². The number of hydrogen-bond acceptors (Lipinski definition) is 5. The van der Waals surface area contributed by atoms with E-state index in [4.69, 9.17) is 10.5 Å². The number of halogens is 3. The minimum Gasteiger partial charge on any atom is -0.429 e. The Balaban J connectivity index is 2.39. The van der Waals surface area contributed by atoms with Gasteiger partial charge in [-0.25, -0.2) is 9.38 Å². The molecule has 130 valence electrons. The van der Waals surface area contributed by atoms with Crippen LogP contribution in [0, 0.1) is 5.82 Å². The molecule has 1 aliphatic rings. The number of amides is 1. The number of anilines is 1. The summed E-state index contributed by atoms with van der Waals surface area (Å²) in [5.41, 5.74) is 4.71. The zero-order valence-electron chi connectivity index (χ0n) is 13.0. The number of amidine groups is 1. The summed E-state index contributed by atoms with van der Waals surface area (Å²) in [5.74, 6) is -0.945. The van der Waals surface area contributed by atoms with Crippen LogP contribution in [0.4, 0.5) is 18.9 Å². The third kappa shape index (κ3) is 4.25. The van der Waals surface area contributed by atoms with E-state index in [9.17, 15) is 18.0 Å². The van der Waals surface area contributed by atoms with E-state index in [1.54, 1.807) is 0 Å². The summed E-state index contributed by atoms with van der Waals surface area (Å²) in [4.78, 5) is 15.2. The second-order valence-electron chi connectivity index (χ2n) is 5.26. The van der Waals surface area contributed by atoms with Gasteiger partial charge in [0.25, 0.3) is 6.02 Å². The van der Waals surface area contributed by atoms with Crippen molar-refractivity contribution in [1.29, 1.82) is 0 Å². The molecule has 0 aromatic heterocycles. The van der Waals surface area contributed by atoms with Crippen LogP contribution in [0.3, 0.4) is 0 Å². The summed E-state index contributed by atoms with van der Waals surface area (Å²) in [7, 11) is 0. The summed E-state index contributed by atoms with van der Waals surface area (Å²) < 4.78 is 47.8. The normalized spacial score (nSPS) is 20.2. The number of carbonyl (C=O) groups excluding carboxylic acids is 1. The third-order valence-electron chi connectivity index (χ3n) is 3.20. The van der Waals surface area contributed by atoms with Crippen LogP contribution in [-0.4, -0.2) is 25.1 Å². The van der Waals surface area contributed by atoms with Gasteiger partial charge in [-0.3, -0.25) is 4.79 Å². The Morgan fingerprint density at radius 1 is 1.50 bits per heavy atom. The molecule has 0 saturated heterocycles. The number of hydrogen-bond donors (Lipinski definition) is 2. The summed E-state index contributed by atoms with van der Waals surface area (Å²) in [5, 5.41) is 2.53. The minimum atomic E-state index is -2.99. The van der Waals surface area contributed by atoms with Crippen molar-refractivity contribution in [1.82, 2.24) is 0 Å². The molecule has 6 nitrogen and oxygen atoms in total. The Morgan fingerprint density at radius 3 is 2.83 bits per heavy atom. The molecule has 1 atom stereocenters. The quantitative estimate of drug-likeness (QED) is 0.860. The maximum atomic E-state index is 14.3. The highest BCUT2D eigenvalue weighted by atomic mass is 19.3. The number of carbonyl (C=O) groups is 1. The SMILES string of the molecule is CC(=O)Nc1ccc(F)c([C@]2(C)C=C(COC(F)F)OC(N)=N2)c1. The lowest BCUT2D eigenvalue weighted by atomic mass is 9.90. The Kier molecular flexibility index (Phi) is 5.13. The van der Waals surface area contributed by atoms with Crippen molar-refractivity contribution in [3.8, 4) is 0 Å². The fraction of sp³-hybridized carbons (Fsp3) is 0.333. The summed E-state index contributed by atoms with van der Waals surface area (Å²) in [6, 6.07) is 3.63. The molecule has 2 rings (SSSR count). The number of aliphatic imine (C=N–C) groups is 1. The van der Waals surface area contributed by atoms with Gasteiger partial charge in [-0.1, -0.05) is 0 Å². The first kappa shape index (κ1) is 17.8. The lowest BCUT2D eigenvalue weighted by Gasteiger charge is -2.28. The van der Waals surface area contributed by atoms with Crippen molar-refractivity contribution >= 4 is 17.6 Å². The van der Waals surface area contributed by atoms with Gasteiger partial charge >= 0.3 is 6.61 Å². The van der Waals surface area contributed by atoms with E-state index in [1.165, 1.54) is 32.1 Å². The first-order valence-electron chi connectivity index (χ1n) is 6.92. The molecule has 0 saturated carbocycles. The number of ether oxygens (including phenoxy) is 2. The number of rotatable bonds is 5. The van der Waals surface area contributed by atoms with Gasteiger partial charge in [-0.2, -0.15) is 8.78 Å². The molecule has 0 spiro atoms. The second-order valence-corrected chi connectivity index (χ2v) is 5.26. The van der Waals surface area contributed by atoms with E-state index in [-0.39, 0.29) is 23.3 Å². The highest BCUT2D eigenvalue weighted by molar-refractivity contribution is 5.88. The molecule has 0 radical (unpaired) electrons. The number of nitrogens with zero attached hydrogens (tertiary/aromatic N) is 1. The van der Waals surface area contributed by atoms with E-state index >= 15 is 0 Å². The maximum absolute atomic E-state index is 14.3. The lowest BCUT2D eigenvalue weighted by molar-refractivity contribution is -0.126. The average molecular weight is 343 g/mol. The average Bonchev–Trinajstić information content (AvgIpc) is 2.45. The lowest BCUT2D eigenvalue weighted by Crippen LogP contribution is -2.31. The fourth-order valence-corrected chi connectivity index (χ4v) is 2.31. The van der Waals surface area contributed by atoms with Crippen LogP contribution in [0.25, 0.3) is 0 Å². The predicted molar refractivity (Wildman–Crippen MR) is 80.8 cm³/mol. The molecule has 0 fully saturated rings. The molecule has 0 aliphatic carbocycles. The molecule has 0 bridgehead atoms. The van der Waals surface area contributed by atoms with Gasteiger partial charge in [0, 0.05) is 18.2 Å². The van der Waals surface area contributed by atoms with Gasteiger partial charge in [0.05, 0.1) is 0 Å². The number of nitrogens with two attached hydrogens (primary N) is 1. The number of benzene rings is 1. The van der Waals surface area contributed by atoms with E-state index in [0.29, 0.717) is 5.69 Å². The molecule has 1 heterocycles. The maximum Gasteiger partial charge on any atom is 0.345 e. The van der Waals surface area contributed by atoms with Crippen LogP contribution in [-0.2, 0) is 19.8 Å². The van der Waals surface area contributed by atoms with Gasteiger partial charge in [0.1, 0.15) is 23.7 Å². The van der Waals surface area contributed by atoms with Crippen molar-refractivity contribution in [2.45, 2.75) is 26.0 Å². The molecule has 0 unspecified atom stereocenters. The zero-order chi connectivity index (χ0) is 17.9. The molecule has 24 heavy (non-hydrogen) atoms. The van der Waals surface area contributed by atoms with Crippen molar-refractivity contribution in [2.24, 2.45) is 10.7 Å². The zero-order valence-corrected chi connectivity index (χ0v) is 13.0. The molecule has 1 amide bonds. The number of nitrogens with one attached hydrogen (secondary N) is 1. The van der Waals surface area contributed by atoms with Crippen LogP contribution < -0.4 is 11.1 Å². The summed E-state index contributed by atoms with van der Waals surface area (Å²) >= 11 is 0. The van der Waals surface area contributed by atoms with Gasteiger partial charge in [-0.15, -0.1) is 0 Å².